The van der Waals surface area contributed by atoms with Crippen LogP contribution >= 0.6 is 0 Å². The summed E-state index contributed by atoms with van der Waals surface area (Å²) in [6.45, 7) is 14.7. The average Bonchev–Trinajstić information content (AvgIpc) is 1.68. The lowest BCUT2D eigenvalue weighted by Crippen LogP contribution is -2.32. The predicted molar refractivity (Wildman–Crippen MR) is 388 cm³/mol. The zero-order valence-electron chi connectivity index (χ0n) is 56.2. The molecule has 0 aliphatic rings. The van der Waals surface area contributed by atoms with Crippen LogP contribution in [-0.2, 0) is 27.5 Å². The average molecular weight is 1210 g/mol. The molecule has 0 bridgehead atoms. The van der Waals surface area contributed by atoms with E-state index in [2.05, 4.69) is 294 Å². The molecule has 0 radical (unpaired) electrons. The fourth-order valence-corrected chi connectivity index (χ4v) is 14.7. The maximum absolute atomic E-state index is 8.54. The van der Waals surface area contributed by atoms with Crippen LogP contribution < -0.4 is 13.7 Å². The summed E-state index contributed by atoms with van der Waals surface area (Å²) in [6, 6.07) is 81.5. The Morgan fingerprint density at radius 3 is 1.32 bits per heavy atom. The van der Waals surface area contributed by atoms with Gasteiger partial charge in [0.2, 0.25) is 28.1 Å². The van der Waals surface area contributed by atoms with Crippen molar-refractivity contribution in [2.75, 3.05) is 0 Å². The summed E-state index contributed by atoms with van der Waals surface area (Å²) in [5.74, 6) is -0.103. The number of furan rings is 3. The van der Waals surface area contributed by atoms with Gasteiger partial charge < -0.3 is 13.3 Å². The van der Waals surface area contributed by atoms with Crippen molar-refractivity contribution in [1.82, 2.24) is 0 Å². The van der Waals surface area contributed by atoms with E-state index in [-0.39, 0.29) is 5.92 Å². The second-order valence-corrected chi connectivity index (χ2v) is 25.7. The molecule has 0 aliphatic heterocycles. The smallest absolute Gasteiger partial charge is 0.220 e. The number of hydrogen-bond acceptors (Lipinski definition) is 3. The van der Waals surface area contributed by atoms with Gasteiger partial charge in [0, 0.05) is 87.5 Å². The Labute approximate surface area is 543 Å². The molecule has 93 heavy (non-hydrogen) atoms. The van der Waals surface area contributed by atoms with Crippen molar-refractivity contribution in [2.45, 2.75) is 54.8 Å². The van der Waals surface area contributed by atoms with Crippen LogP contribution in [0.2, 0.25) is 0 Å². The lowest BCUT2D eigenvalue weighted by atomic mass is 9.95. The molecule has 12 aromatic carbocycles. The number of aryl methyl sites for hydroxylation is 8. The largest absolute Gasteiger partial charge is 0.456 e. The van der Waals surface area contributed by atoms with Gasteiger partial charge in [-0.2, -0.15) is 9.13 Å². The maximum atomic E-state index is 8.54. The fourth-order valence-electron chi connectivity index (χ4n) is 14.7. The molecule has 0 spiro atoms. The van der Waals surface area contributed by atoms with Crippen molar-refractivity contribution < 1.29 is 29.7 Å². The molecular weight excluding hydrogens is 1130 g/mol. The Balaban J connectivity index is 0.000000113. The molecule has 0 aliphatic carbocycles. The first-order valence-electron chi connectivity index (χ1n) is 33.2. The summed E-state index contributed by atoms with van der Waals surface area (Å²) in [5, 5.41) is 19.0. The third-order valence-electron chi connectivity index (χ3n) is 19.5. The summed E-state index contributed by atoms with van der Waals surface area (Å²) < 4.78 is 43.0. The van der Waals surface area contributed by atoms with Gasteiger partial charge >= 0.3 is 0 Å². The first-order chi connectivity index (χ1) is 46.0. The Bertz CT molecular complexity index is 6230. The summed E-state index contributed by atoms with van der Waals surface area (Å²) in [4.78, 5) is 0. The van der Waals surface area contributed by atoms with Crippen LogP contribution in [-0.4, -0.2) is 0 Å². The summed E-state index contributed by atoms with van der Waals surface area (Å²) >= 11 is 0. The summed E-state index contributed by atoms with van der Waals surface area (Å²) in [6.07, 6.45) is 0.681. The molecule has 0 amide bonds. The highest BCUT2D eigenvalue weighted by Crippen LogP contribution is 2.42. The lowest BCUT2D eigenvalue weighted by Gasteiger charge is -2.10. The van der Waals surface area contributed by atoms with Crippen LogP contribution in [0.25, 0.3) is 164 Å². The molecule has 0 N–H and O–H groups in total. The van der Waals surface area contributed by atoms with Gasteiger partial charge in [0.05, 0.1) is 27.5 Å². The van der Waals surface area contributed by atoms with Crippen molar-refractivity contribution in [1.29, 1.82) is 0 Å². The molecule has 0 atom stereocenters. The maximum Gasteiger partial charge on any atom is 0.220 e. The van der Waals surface area contributed by atoms with Gasteiger partial charge in [0.25, 0.3) is 0 Å². The molecule has 450 valence electrons. The number of benzene rings is 12. The van der Waals surface area contributed by atoms with Crippen molar-refractivity contribution in [3.8, 4) is 33.8 Å². The molecule has 0 fully saturated rings. The number of pyridine rings is 3. The first-order valence-corrected chi connectivity index (χ1v) is 32.2. The molecule has 0 saturated heterocycles. The minimum Gasteiger partial charge on any atom is -0.456 e. The Kier molecular flexibility index (Phi) is 13.3. The number of rotatable bonds is 5. The highest BCUT2D eigenvalue weighted by Gasteiger charge is 2.25. The van der Waals surface area contributed by atoms with Crippen molar-refractivity contribution in [3.63, 3.8) is 0 Å². The highest BCUT2D eigenvalue weighted by molar-refractivity contribution is 6.14. The Hall–Kier alpha value is -11.0. The summed E-state index contributed by atoms with van der Waals surface area (Å²) in [5.41, 5.74) is 22.0. The molecule has 0 saturated carbocycles. The molecule has 6 nitrogen and oxygen atoms in total. The van der Waals surface area contributed by atoms with Crippen LogP contribution in [0.15, 0.2) is 250 Å². The third kappa shape index (κ3) is 9.65. The number of fused-ring (bicyclic) bond motifs is 15. The topological polar surface area (TPSA) is 51.1 Å². The standard InChI is InChI=1S/C31H28NO.C29H24NO.C27H20NO/c1-19(2)15-21-9-10-26-24(16-21)13-14-32(4)30(26)25-11-12-27-28-17-22-7-5-6-8-23(22)18-29(28)33-31(27)20(25)3;1-17-8-7-11-25-28(17)18(2)14-26(30(25)4)22-12-13-23-24-15-20-9-5-6-10-21(20)16-27(24)31-29(23)19(22)3;1-17-21(25-14-11-18-7-5-6-10-24(18)28(25)2)12-13-22-23-15-19-8-3-4-9-20(19)16-26(23)29-27(17)22/h5-14,16-19H,15H2,1-4H3;5-16H,1-4H3;3-16H,1-2H3/q3*+1/i15D2;;. The lowest BCUT2D eigenvalue weighted by molar-refractivity contribution is -0.659. The van der Waals surface area contributed by atoms with Crippen molar-refractivity contribution >= 4 is 131 Å². The number of nitrogens with zero attached hydrogens (tertiary/aromatic N) is 3. The molecule has 6 heteroatoms. The zero-order valence-corrected chi connectivity index (χ0v) is 54.2. The minimum atomic E-state index is -1.38. The Morgan fingerprint density at radius 1 is 0.355 bits per heavy atom. The quantitative estimate of drug-likeness (QED) is 0.161. The molecular formula is C87H72N3O3+3. The molecule has 6 aromatic heterocycles. The summed E-state index contributed by atoms with van der Waals surface area (Å²) in [7, 11) is 6.35. The molecule has 18 aromatic rings. The molecule has 0 unspecified atom stereocenters. The van der Waals surface area contributed by atoms with Crippen LogP contribution in [0.5, 0.6) is 0 Å². The van der Waals surface area contributed by atoms with E-state index in [0.29, 0.717) is 0 Å². The van der Waals surface area contributed by atoms with Gasteiger partial charge in [-0.1, -0.05) is 123 Å². The number of para-hydroxylation sites is 1. The van der Waals surface area contributed by atoms with Gasteiger partial charge in [-0.15, -0.1) is 0 Å². The SMILES string of the molecule is Cc1c(-c2cc(C)c3c(C)cccc3[n+]2C)ccc2c1oc1cc3ccccc3cc12.Cc1c(-c2ccc3ccccc3[n+]2C)ccc2c1oc1cc3ccccc3cc12.[2H]C([2H])(c1ccc2c(-c3ccc4c(oc5cc6ccccc6cc54)c3C)[n+](C)ccc2c1)C(C)C. The minimum absolute atomic E-state index is 0.103. The fraction of sp³-hybridized carbons (Fsp3) is 0.138. The van der Waals surface area contributed by atoms with Crippen LogP contribution in [0.4, 0.5) is 0 Å². The van der Waals surface area contributed by atoms with Gasteiger partial charge in [-0.25, -0.2) is 4.57 Å². The number of hydrogen-bond donors (Lipinski definition) is 0. The van der Waals surface area contributed by atoms with E-state index in [1.807, 2.05) is 26.0 Å². The van der Waals surface area contributed by atoms with E-state index in [4.69, 9.17) is 16.0 Å². The van der Waals surface area contributed by atoms with E-state index in [1.54, 1.807) is 0 Å². The monoisotopic (exact) mass is 1210 g/mol. The second kappa shape index (κ2) is 22.5. The molecule has 18 rings (SSSR count). The first kappa shape index (κ1) is 54.9. The highest BCUT2D eigenvalue weighted by atomic mass is 16.3. The van der Waals surface area contributed by atoms with Gasteiger partial charge in [-0.3, -0.25) is 0 Å². The van der Waals surface area contributed by atoms with Gasteiger partial charge in [0.15, 0.2) is 6.20 Å². The second-order valence-electron chi connectivity index (χ2n) is 25.7. The van der Waals surface area contributed by atoms with Crippen LogP contribution in [0.3, 0.4) is 0 Å². The van der Waals surface area contributed by atoms with E-state index < -0.39 is 6.37 Å². The van der Waals surface area contributed by atoms with E-state index in [9.17, 15) is 0 Å². The third-order valence-corrected chi connectivity index (χ3v) is 19.5. The van der Waals surface area contributed by atoms with Crippen LogP contribution in [0, 0.1) is 40.5 Å². The van der Waals surface area contributed by atoms with Crippen LogP contribution in [0.1, 0.15) is 50.0 Å². The Morgan fingerprint density at radius 2 is 0.796 bits per heavy atom. The number of aromatic nitrogens is 3. The van der Waals surface area contributed by atoms with E-state index in [1.165, 1.54) is 120 Å². The normalized spacial score (nSPS) is 12.4. The van der Waals surface area contributed by atoms with E-state index in [0.717, 1.165) is 77.4 Å². The van der Waals surface area contributed by atoms with Gasteiger partial charge in [0.1, 0.15) is 54.6 Å². The molecule has 6 heterocycles. The van der Waals surface area contributed by atoms with E-state index >= 15 is 0 Å². The van der Waals surface area contributed by atoms with Gasteiger partial charge in [-0.05, 0) is 192 Å². The predicted octanol–water partition coefficient (Wildman–Crippen LogP) is 21.9. The zero-order chi connectivity index (χ0) is 65.3. The van der Waals surface area contributed by atoms with Crippen molar-refractivity contribution in [2.24, 2.45) is 27.1 Å². The van der Waals surface area contributed by atoms with Crippen molar-refractivity contribution in [3.05, 3.63) is 270 Å².